The SMILES string of the molecule is COc1cccc(OC)c1-c1ccc(CC(Nc2nc(N(C)C)ncc2-c2c(C)noc2C)C(=O)O)cn1. The Bertz CT molecular complexity index is 1390. The summed E-state index contributed by atoms with van der Waals surface area (Å²) in [4.78, 5) is 27.6. The minimum atomic E-state index is -1.03. The number of nitrogens with one attached hydrogen (secondary N) is 1. The molecule has 38 heavy (non-hydrogen) atoms. The summed E-state index contributed by atoms with van der Waals surface area (Å²) in [5.41, 5.74) is 4.08. The van der Waals surface area contributed by atoms with Gasteiger partial charge in [-0.15, -0.1) is 0 Å². The summed E-state index contributed by atoms with van der Waals surface area (Å²) in [5, 5.41) is 17.2. The zero-order valence-corrected chi connectivity index (χ0v) is 22.1. The summed E-state index contributed by atoms with van der Waals surface area (Å²) in [6, 6.07) is 8.17. The molecule has 0 fully saturated rings. The summed E-state index contributed by atoms with van der Waals surface area (Å²) in [5.74, 6) is 1.61. The Labute approximate surface area is 220 Å². The van der Waals surface area contributed by atoms with E-state index in [-0.39, 0.29) is 6.42 Å². The fourth-order valence-corrected chi connectivity index (χ4v) is 4.15. The van der Waals surface area contributed by atoms with E-state index in [1.165, 1.54) is 0 Å². The minimum absolute atomic E-state index is 0.161. The van der Waals surface area contributed by atoms with Gasteiger partial charge in [-0.2, -0.15) is 4.98 Å². The number of aromatic nitrogens is 4. The maximum absolute atomic E-state index is 12.3. The summed E-state index contributed by atoms with van der Waals surface area (Å²) in [6.07, 6.45) is 3.46. The molecule has 3 aromatic heterocycles. The van der Waals surface area contributed by atoms with E-state index >= 15 is 0 Å². The molecule has 4 rings (SSSR count). The number of nitrogens with zero attached hydrogens (tertiary/aromatic N) is 5. The fourth-order valence-electron chi connectivity index (χ4n) is 4.15. The highest BCUT2D eigenvalue weighted by Crippen LogP contribution is 2.37. The number of aliphatic carboxylic acids is 1. The number of carboxylic acids is 1. The van der Waals surface area contributed by atoms with Crippen LogP contribution in [-0.2, 0) is 11.2 Å². The number of hydrogen-bond donors (Lipinski definition) is 2. The number of carboxylic acid groups (broad SMARTS) is 1. The summed E-state index contributed by atoms with van der Waals surface area (Å²) < 4.78 is 16.3. The van der Waals surface area contributed by atoms with Crippen LogP contribution < -0.4 is 19.7 Å². The Morgan fingerprint density at radius 2 is 1.76 bits per heavy atom. The molecule has 11 nitrogen and oxygen atoms in total. The normalized spacial score (nSPS) is 11.6. The van der Waals surface area contributed by atoms with Crippen molar-refractivity contribution in [1.29, 1.82) is 0 Å². The molecule has 0 saturated heterocycles. The number of hydrogen-bond acceptors (Lipinski definition) is 10. The largest absolute Gasteiger partial charge is 0.496 e. The second-order valence-corrected chi connectivity index (χ2v) is 8.85. The van der Waals surface area contributed by atoms with Crippen molar-refractivity contribution < 1.29 is 23.9 Å². The minimum Gasteiger partial charge on any atom is -0.496 e. The molecule has 0 amide bonds. The Kier molecular flexibility index (Phi) is 7.75. The Morgan fingerprint density at radius 1 is 1.05 bits per heavy atom. The lowest BCUT2D eigenvalue weighted by molar-refractivity contribution is -0.137. The first kappa shape index (κ1) is 26.4. The third-order valence-electron chi connectivity index (χ3n) is 6.04. The Morgan fingerprint density at radius 3 is 2.29 bits per heavy atom. The molecular weight excluding hydrogens is 488 g/mol. The highest BCUT2D eigenvalue weighted by Gasteiger charge is 2.24. The van der Waals surface area contributed by atoms with Crippen LogP contribution in [0.2, 0.25) is 0 Å². The van der Waals surface area contributed by atoms with Gasteiger partial charge in [-0.25, -0.2) is 9.78 Å². The Hall–Kier alpha value is -4.67. The van der Waals surface area contributed by atoms with Crippen LogP contribution in [0.25, 0.3) is 22.4 Å². The maximum Gasteiger partial charge on any atom is 0.326 e. The molecule has 1 aromatic carbocycles. The summed E-state index contributed by atoms with van der Waals surface area (Å²) in [7, 11) is 6.80. The molecule has 2 N–H and O–H groups in total. The van der Waals surface area contributed by atoms with Gasteiger partial charge in [0.1, 0.15) is 29.1 Å². The van der Waals surface area contributed by atoms with Crippen molar-refractivity contribution in [2.24, 2.45) is 0 Å². The van der Waals surface area contributed by atoms with Crippen LogP contribution in [0.4, 0.5) is 11.8 Å². The number of pyridine rings is 1. The fraction of sp³-hybridized carbons (Fsp3) is 0.296. The topological polar surface area (TPSA) is 136 Å². The van der Waals surface area contributed by atoms with Crippen LogP contribution in [0.5, 0.6) is 11.5 Å². The van der Waals surface area contributed by atoms with Crippen LogP contribution in [0.3, 0.4) is 0 Å². The van der Waals surface area contributed by atoms with Crippen LogP contribution >= 0.6 is 0 Å². The van der Waals surface area contributed by atoms with Gasteiger partial charge < -0.3 is 29.3 Å². The van der Waals surface area contributed by atoms with Crippen molar-refractivity contribution in [2.45, 2.75) is 26.3 Å². The number of aryl methyl sites for hydroxylation is 2. The van der Waals surface area contributed by atoms with E-state index in [9.17, 15) is 9.90 Å². The van der Waals surface area contributed by atoms with Crippen molar-refractivity contribution in [3.8, 4) is 33.9 Å². The van der Waals surface area contributed by atoms with Gasteiger partial charge in [0, 0.05) is 38.5 Å². The van der Waals surface area contributed by atoms with E-state index in [4.69, 9.17) is 14.0 Å². The lowest BCUT2D eigenvalue weighted by atomic mass is 10.0. The predicted molar refractivity (Wildman–Crippen MR) is 143 cm³/mol. The third kappa shape index (κ3) is 5.36. The zero-order valence-electron chi connectivity index (χ0n) is 22.1. The van der Waals surface area contributed by atoms with E-state index in [0.717, 1.165) is 16.7 Å². The molecule has 0 radical (unpaired) electrons. The van der Waals surface area contributed by atoms with E-state index in [1.54, 1.807) is 38.4 Å². The van der Waals surface area contributed by atoms with Crippen molar-refractivity contribution in [3.63, 3.8) is 0 Å². The van der Waals surface area contributed by atoms with Gasteiger partial charge in [-0.05, 0) is 37.6 Å². The average molecular weight is 519 g/mol. The lowest BCUT2D eigenvalue weighted by Crippen LogP contribution is -2.32. The first-order valence-corrected chi connectivity index (χ1v) is 11.9. The highest BCUT2D eigenvalue weighted by molar-refractivity contribution is 5.83. The van der Waals surface area contributed by atoms with Crippen molar-refractivity contribution in [1.82, 2.24) is 20.1 Å². The van der Waals surface area contributed by atoms with E-state index in [1.807, 2.05) is 51.4 Å². The first-order chi connectivity index (χ1) is 18.2. The molecule has 3 heterocycles. The average Bonchev–Trinajstić information content (AvgIpc) is 3.25. The first-order valence-electron chi connectivity index (χ1n) is 11.9. The highest BCUT2D eigenvalue weighted by atomic mass is 16.5. The summed E-state index contributed by atoms with van der Waals surface area (Å²) >= 11 is 0. The number of ether oxygens (including phenoxy) is 2. The van der Waals surface area contributed by atoms with Crippen LogP contribution in [-0.4, -0.2) is 65.5 Å². The lowest BCUT2D eigenvalue weighted by Gasteiger charge is -2.20. The molecule has 4 aromatic rings. The van der Waals surface area contributed by atoms with Gasteiger partial charge in [0.15, 0.2) is 0 Å². The molecule has 11 heteroatoms. The number of methoxy groups -OCH3 is 2. The van der Waals surface area contributed by atoms with Gasteiger partial charge in [0.05, 0.1) is 36.7 Å². The number of carbonyl (C=O) groups is 1. The third-order valence-corrected chi connectivity index (χ3v) is 6.04. The standard InChI is InChI=1S/C27H30N6O5/c1-15-23(16(2)38-32-15)18-14-29-27(33(3)4)31-25(18)30-20(26(34)35)12-17-10-11-19(28-13-17)24-21(36-5)8-7-9-22(24)37-6/h7-11,13-14,20H,12H2,1-6H3,(H,34,35)(H,29,30,31). The van der Waals surface area contributed by atoms with Crippen LogP contribution in [0.1, 0.15) is 17.0 Å². The molecule has 0 saturated carbocycles. The molecular formula is C27H30N6O5. The van der Waals surface area contributed by atoms with Crippen molar-refractivity contribution >= 4 is 17.7 Å². The van der Waals surface area contributed by atoms with Crippen LogP contribution in [0.15, 0.2) is 47.2 Å². The van der Waals surface area contributed by atoms with Gasteiger partial charge in [-0.3, -0.25) is 4.98 Å². The molecule has 0 aliphatic rings. The molecule has 0 aliphatic carbocycles. The second-order valence-electron chi connectivity index (χ2n) is 8.85. The van der Waals surface area contributed by atoms with E-state index in [2.05, 4.69) is 25.4 Å². The van der Waals surface area contributed by atoms with Gasteiger partial charge in [0.2, 0.25) is 5.95 Å². The van der Waals surface area contributed by atoms with E-state index < -0.39 is 12.0 Å². The number of rotatable bonds is 10. The van der Waals surface area contributed by atoms with Crippen molar-refractivity contribution in [3.05, 3.63) is 59.7 Å². The van der Waals surface area contributed by atoms with Gasteiger partial charge in [0.25, 0.3) is 0 Å². The molecule has 0 aliphatic heterocycles. The maximum atomic E-state index is 12.3. The quantitative estimate of drug-likeness (QED) is 0.315. The van der Waals surface area contributed by atoms with Gasteiger partial charge in [-0.1, -0.05) is 17.3 Å². The second kappa shape index (κ2) is 11.2. The van der Waals surface area contributed by atoms with Crippen LogP contribution in [0, 0.1) is 13.8 Å². The smallest absolute Gasteiger partial charge is 0.326 e. The molecule has 1 atom stereocenters. The van der Waals surface area contributed by atoms with Crippen molar-refractivity contribution in [2.75, 3.05) is 38.5 Å². The molecule has 1 unspecified atom stereocenters. The van der Waals surface area contributed by atoms with E-state index in [0.29, 0.717) is 46.0 Å². The predicted octanol–water partition coefficient (Wildman–Crippen LogP) is 4.00. The Balaban J connectivity index is 1.65. The zero-order chi connectivity index (χ0) is 27.4. The number of benzene rings is 1. The number of anilines is 2. The monoisotopic (exact) mass is 518 g/mol. The molecule has 198 valence electrons. The summed E-state index contributed by atoms with van der Waals surface area (Å²) in [6.45, 7) is 3.60. The van der Waals surface area contributed by atoms with Gasteiger partial charge >= 0.3 is 5.97 Å². The molecule has 0 spiro atoms. The molecule has 0 bridgehead atoms.